The summed E-state index contributed by atoms with van der Waals surface area (Å²) in [6, 6.07) is 10.6. The van der Waals surface area contributed by atoms with Crippen LogP contribution in [-0.4, -0.2) is 42.4 Å². The van der Waals surface area contributed by atoms with Gasteiger partial charge in [0.2, 0.25) is 5.91 Å². The Labute approximate surface area is 178 Å². The van der Waals surface area contributed by atoms with Crippen LogP contribution in [0.2, 0.25) is 5.02 Å². The van der Waals surface area contributed by atoms with Crippen molar-refractivity contribution in [1.29, 1.82) is 0 Å². The number of rotatable bonds is 5. The quantitative estimate of drug-likeness (QED) is 0.561. The molecule has 156 valence electrons. The van der Waals surface area contributed by atoms with Crippen molar-refractivity contribution >= 4 is 41.1 Å². The van der Waals surface area contributed by atoms with Gasteiger partial charge in [-0.05, 0) is 49.2 Å². The van der Waals surface area contributed by atoms with Crippen LogP contribution < -0.4 is 10.6 Å². The number of esters is 1. The molecule has 3 rings (SSSR count). The second kappa shape index (κ2) is 8.16. The molecule has 0 aromatic heterocycles. The van der Waals surface area contributed by atoms with E-state index in [1.165, 1.54) is 13.2 Å². The van der Waals surface area contributed by atoms with Gasteiger partial charge >= 0.3 is 12.0 Å². The highest BCUT2D eigenvalue weighted by atomic mass is 35.5. The van der Waals surface area contributed by atoms with E-state index in [4.69, 9.17) is 11.6 Å². The molecular weight excluding hydrogens is 410 g/mol. The van der Waals surface area contributed by atoms with Crippen LogP contribution >= 0.6 is 11.6 Å². The van der Waals surface area contributed by atoms with Gasteiger partial charge in [-0.2, -0.15) is 0 Å². The topological polar surface area (TPSA) is 105 Å². The number of urea groups is 1. The van der Waals surface area contributed by atoms with Crippen molar-refractivity contribution in [2.45, 2.75) is 19.4 Å². The Bertz CT molecular complexity index is 1040. The van der Waals surface area contributed by atoms with Crippen LogP contribution in [0, 0.1) is 6.92 Å². The lowest BCUT2D eigenvalue weighted by molar-refractivity contribution is -0.133. The van der Waals surface area contributed by atoms with Crippen molar-refractivity contribution in [2.24, 2.45) is 0 Å². The van der Waals surface area contributed by atoms with Crippen molar-refractivity contribution in [1.82, 2.24) is 10.2 Å². The van der Waals surface area contributed by atoms with E-state index in [-0.39, 0.29) is 5.56 Å². The summed E-state index contributed by atoms with van der Waals surface area (Å²) in [5.41, 5.74) is 0.607. The lowest BCUT2D eigenvalue weighted by Crippen LogP contribution is -2.42. The molecule has 1 fully saturated rings. The van der Waals surface area contributed by atoms with E-state index in [2.05, 4.69) is 15.4 Å². The molecule has 0 bridgehead atoms. The van der Waals surface area contributed by atoms with Crippen molar-refractivity contribution < 1.29 is 23.9 Å². The number of ether oxygens (including phenoxy) is 1. The number of nitrogens with zero attached hydrogens (tertiary/aromatic N) is 1. The summed E-state index contributed by atoms with van der Waals surface area (Å²) < 4.78 is 4.68. The van der Waals surface area contributed by atoms with Gasteiger partial charge in [-0.25, -0.2) is 9.59 Å². The Morgan fingerprint density at radius 2 is 1.83 bits per heavy atom. The predicted octanol–water partition coefficient (Wildman–Crippen LogP) is 2.84. The molecule has 0 aliphatic carbocycles. The van der Waals surface area contributed by atoms with Gasteiger partial charge in [0.15, 0.2) is 0 Å². The maximum atomic E-state index is 12.9. The number of imide groups is 1. The average Bonchev–Trinajstić information content (AvgIpc) is 2.93. The van der Waals surface area contributed by atoms with Crippen LogP contribution in [-0.2, 0) is 19.9 Å². The normalized spacial score (nSPS) is 18.2. The third-order valence-corrected chi connectivity index (χ3v) is 5.18. The number of methoxy groups -OCH3 is 1. The first-order chi connectivity index (χ1) is 14.2. The molecule has 1 aliphatic rings. The number of anilines is 1. The minimum Gasteiger partial charge on any atom is -0.465 e. The van der Waals surface area contributed by atoms with Crippen LogP contribution in [0.15, 0.2) is 42.5 Å². The first-order valence-corrected chi connectivity index (χ1v) is 9.42. The molecule has 9 heteroatoms. The zero-order valence-corrected chi connectivity index (χ0v) is 17.4. The van der Waals surface area contributed by atoms with Gasteiger partial charge in [0.05, 0.1) is 12.7 Å². The third-order valence-electron chi connectivity index (χ3n) is 4.93. The van der Waals surface area contributed by atoms with E-state index >= 15 is 0 Å². The van der Waals surface area contributed by atoms with Crippen LogP contribution in [0.1, 0.15) is 28.4 Å². The number of hydrogen-bond donors (Lipinski definition) is 2. The van der Waals surface area contributed by atoms with Crippen molar-refractivity contribution in [3.63, 3.8) is 0 Å². The van der Waals surface area contributed by atoms with Gasteiger partial charge in [0.25, 0.3) is 5.91 Å². The van der Waals surface area contributed by atoms with Gasteiger partial charge in [0, 0.05) is 10.7 Å². The molecule has 1 saturated heterocycles. The van der Waals surface area contributed by atoms with Crippen LogP contribution in [0.4, 0.5) is 10.5 Å². The van der Waals surface area contributed by atoms with E-state index in [1.54, 1.807) is 50.2 Å². The molecule has 0 saturated carbocycles. The number of hydrogen-bond acceptors (Lipinski definition) is 5. The zero-order valence-electron chi connectivity index (χ0n) is 16.6. The first-order valence-electron chi connectivity index (χ1n) is 9.04. The van der Waals surface area contributed by atoms with Crippen LogP contribution in [0.5, 0.6) is 0 Å². The number of nitrogens with one attached hydrogen (secondary N) is 2. The fourth-order valence-electron chi connectivity index (χ4n) is 3.15. The fourth-order valence-corrected chi connectivity index (χ4v) is 3.28. The molecule has 0 spiro atoms. The molecule has 30 heavy (non-hydrogen) atoms. The predicted molar refractivity (Wildman–Crippen MR) is 110 cm³/mol. The van der Waals surface area contributed by atoms with E-state index < -0.39 is 35.9 Å². The Morgan fingerprint density at radius 3 is 2.47 bits per heavy atom. The van der Waals surface area contributed by atoms with Crippen LogP contribution in [0.25, 0.3) is 0 Å². The lowest BCUT2D eigenvalue weighted by Gasteiger charge is -2.22. The third kappa shape index (κ3) is 3.99. The maximum Gasteiger partial charge on any atom is 0.337 e. The highest BCUT2D eigenvalue weighted by Gasteiger charge is 2.49. The number of amides is 4. The van der Waals surface area contributed by atoms with Crippen molar-refractivity contribution in [2.75, 3.05) is 19.0 Å². The summed E-state index contributed by atoms with van der Waals surface area (Å²) >= 11 is 5.89. The van der Waals surface area contributed by atoms with Crippen molar-refractivity contribution in [3.05, 3.63) is 64.2 Å². The maximum absolute atomic E-state index is 12.9. The van der Waals surface area contributed by atoms with Gasteiger partial charge in [-0.1, -0.05) is 29.8 Å². The summed E-state index contributed by atoms with van der Waals surface area (Å²) in [7, 11) is 1.26. The smallest absolute Gasteiger partial charge is 0.337 e. The average molecular weight is 430 g/mol. The molecule has 1 atom stereocenters. The summed E-state index contributed by atoms with van der Waals surface area (Å²) in [6.45, 7) is 2.84. The van der Waals surface area contributed by atoms with Gasteiger partial charge < -0.3 is 15.4 Å². The molecule has 0 radical (unpaired) electrons. The Morgan fingerprint density at radius 1 is 1.17 bits per heavy atom. The molecule has 8 nitrogen and oxygen atoms in total. The Balaban J connectivity index is 1.76. The molecule has 2 aromatic carbocycles. The van der Waals surface area contributed by atoms with Gasteiger partial charge in [-0.3, -0.25) is 14.5 Å². The van der Waals surface area contributed by atoms with E-state index in [1.807, 2.05) is 0 Å². The lowest BCUT2D eigenvalue weighted by atomic mass is 9.92. The molecular formula is C21H20ClN3O5. The number of aryl methyl sites for hydroxylation is 1. The SMILES string of the molecule is COC(=O)c1ccc(C)c(NC(=O)CN2C(=O)NC(C)(c3ccc(Cl)cc3)C2=O)c1. The highest BCUT2D eigenvalue weighted by molar-refractivity contribution is 6.30. The Hall–Kier alpha value is -3.39. The van der Waals surface area contributed by atoms with Crippen molar-refractivity contribution in [3.8, 4) is 0 Å². The Kier molecular flexibility index (Phi) is 5.80. The monoisotopic (exact) mass is 429 g/mol. The van der Waals surface area contributed by atoms with Crippen LogP contribution in [0.3, 0.4) is 0 Å². The molecule has 4 amide bonds. The largest absolute Gasteiger partial charge is 0.465 e. The second-order valence-electron chi connectivity index (χ2n) is 7.02. The highest BCUT2D eigenvalue weighted by Crippen LogP contribution is 2.29. The van der Waals surface area contributed by atoms with Gasteiger partial charge in [-0.15, -0.1) is 0 Å². The fraction of sp³-hybridized carbons (Fsp3) is 0.238. The first kappa shape index (κ1) is 21.3. The second-order valence-corrected chi connectivity index (χ2v) is 7.46. The molecule has 1 aliphatic heterocycles. The molecule has 1 heterocycles. The minimum atomic E-state index is -1.30. The van der Waals surface area contributed by atoms with Gasteiger partial charge in [0.1, 0.15) is 12.1 Å². The number of carbonyl (C=O) groups is 4. The molecule has 2 N–H and O–H groups in total. The summed E-state index contributed by atoms with van der Waals surface area (Å²) in [6.07, 6.45) is 0. The molecule has 1 unspecified atom stereocenters. The number of benzene rings is 2. The van der Waals surface area contributed by atoms with E-state index in [0.717, 1.165) is 4.90 Å². The standard InChI is InChI=1S/C21H20ClN3O5/c1-12-4-5-13(18(27)30-3)10-16(12)23-17(26)11-25-19(28)21(2,24-20(25)29)14-6-8-15(22)9-7-14/h4-10H,11H2,1-3H3,(H,23,26)(H,24,29). The summed E-state index contributed by atoms with van der Waals surface area (Å²) in [5.74, 6) is -1.67. The molecule has 2 aromatic rings. The summed E-state index contributed by atoms with van der Waals surface area (Å²) in [4.78, 5) is 50.4. The minimum absolute atomic E-state index is 0.267. The number of carbonyl (C=O) groups excluding carboxylic acids is 4. The zero-order chi connectivity index (χ0) is 22.1. The van der Waals surface area contributed by atoms with E-state index in [0.29, 0.717) is 21.8 Å². The van der Waals surface area contributed by atoms with E-state index in [9.17, 15) is 19.2 Å². The summed E-state index contributed by atoms with van der Waals surface area (Å²) in [5, 5.41) is 5.77. The number of halogens is 1.